The molecular formula is C16H18N2O4. The molecule has 6 nitrogen and oxygen atoms in total. The van der Waals surface area contributed by atoms with Crippen molar-refractivity contribution in [2.45, 2.75) is 26.2 Å². The Morgan fingerprint density at radius 1 is 1.05 bits per heavy atom. The molecule has 0 unspecified atom stereocenters. The van der Waals surface area contributed by atoms with Gasteiger partial charge in [-0.1, -0.05) is 32.9 Å². The summed E-state index contributed by atoms with van der Waals surface area (Å²) in [5, 5.41) is 26.1. The number of nitro benzene ring substituents is 1. The van der Waals surface area contributed by atoms with Crippen molar-refractivity contribution in [2.24, 2.45) is 0 Å². The van der Waals surface area contributed by atoms with Gasteiger partial charge in [0.2, 0.25) is 0 Å². The Balaban J connectivity index is 0. The number of rotatable bonds is 1. The fourth-order valence-corrected chi connectivity index (χ4v) is 1.20. The SMILES string of the molecule is CC(C)(C)c1cccc([N+](=O)[O-])c1.N.OC#CC#CC#CO. The van der Waals surface area contributed by atoms with Crippen LogP contribution in [0.2, 0.25) is 0 Å². The van der Waals surface area contributed by atoms with Crippen LogP contribution in [-0.2, 0) is 5.41 Å². The molecule has 116 valence electrons. The summed E-state index contributed by atoms with van der Waals surface area (Å²) in [6.07, 6.45) is 3.11. The van der Waals surface area contributed by atoms with Crippen LogP contribution < -0.4 is 6.15 Å². The highest BCUT2D eigenvalue weighted by atomic mass is 16.6. The lowest BCUT2D eigenvalue weighted by Gasteiger charge is -2.18. The van der Waals surface area contributed by atoms with Crippen molar-refractivity contribution in [3.8, 4) is 35.9 Å². The van der Waals surface area contributed by atoms with Gasteiger partial charge in [-0.15, -0.1) is 0 Å². The summed E-state index contributed by atoms with van der Waals surface area (Å²) in [6, 6.07) is 6.76. The second-order valence-electron chi connectivity index (χ2n) is 4.78. The molecule has 0 aliphatic heterocycles. The smallest absolute Gasteiger partial charge is 0.269 e. The minimum Gasteiger partial charge on any atom is -0.461 e. The van der Waals surface area contributed by atoms with Gasteiger partial charge in [-0.3, -0.25) is 10.1 Å². The highest BCUT2D eigenvalue weighted by Gasteiger charge is 2.16. The minimum atomic E-state index is -0.366. The molecule has 1 aromatic carbocycles. The monoisotopic (exact) mass is 302 g/mol. The van der Waals surface area contributed by atoms with Crippen molar-refractivity contribution < 1.29 is 15.1 Å². The summed E-state index contributed by atoms with van der Waals surface area (Å²) < 4.78 is 0. The van der Waals surface area contributed by atoms with Crippen LogP contribution in [0.15, 0.2) is 24.3 Å². The summed E-state index contributed by atoms with van der Waals surface area (Å²) in [7, 11) is 0. The third kappa shape index (κ3) is 8.87. The first-order valence-corrected chi connectivity index (χ1v) is 5.86. The number of aliphatic hydroxyl groups excluding tert-OH is 2. The molecule has 0 saturated carbocycles. The van der Waals surface area contributed by atoms with Gasteiger partial charge in [-0.2, -0.15) is 0 Å². The van der Waals surface area contributed by atoms with Gasteiger partial charge in [0.25, 0.3) is 5.69 Å². The van der Waals surface area contributed by atoms with Gasteiger partial charge in [-0.05, 0) is 11.0 Å². The Morgan fingerprint density at radius 3 is 1.91 bits per heavy atom. The van der Waals surface area contributed by atoms with Gasteiger partial charge in [0.15, 0.2) is 0 Å². The molecule has 1 rings (SSSR count). The van der Waals surface area contributed by atoms with Crippen LogP contribution in [0.25, 0.3) is 0 Å². The first kappa shape index (κ1) is 21.2. The van der Waals surface area contributed by atoms with E-state index in [1.54, 1.807) is 24.3 Å². The highest BCUT2D eigenvalue weighted by Crippen LogP contribution is 2.25. The predicted molar refractivity (Wildman–Crippen MR) is 84.0 cm³/mol. The Hall–Kier alpha value is -3.14. The average Bonchev–Trinajstić information content (AvgIpc) is 2.44. The van der Waals surface area contributed by atoms with Gasteiger partial charge in [0.05, 0.1) is 4.92 Å². The van der Waals surface area contributed by atoms with E-state index in [4.69, 9.17) is 10.2 Å². The van der Waals surface area contributed by atoms with E-state index in [0.717, 1.165) is 5.56 Å². The first-order valence-electron chi connectivity index (χ1n) is 5.86. The van der Waals surface area contributed by atoms with Crippen LogP contribution in [0.1, 0.15) is 26.3 Å². The number of hydrogen-bond donors (Lipinski definition) is 3. The third-order valence-corrected chi connectivity index (χ3v) is 2.22. The molecule has 0 aromatic heterocycles. The lowest BCUT2D eigenvalue weighted by Crippen LogP contribution is -2.10. The molecule has 0 fully saturated rings. The molecule has 0 aliphatic carbocycles. The van der Waals surface area contributed by atoms with Crippen LogP contribution >= 0.6 is 0 Å². The molecule has 6 heteroatoms. The molecule has 22 heavy (non-hydrogen) atoms. The van der Waals surface area contributed by atoms with Crippen LogP contribution in [0.5, 0.6) is 0 Å². The summed E-state index contributed by atoms with van der Waals surface area (Å²) in [6.45, 7) is 6.10. The maximum absolute atomic E-state index is 10.5. The van der Waals surface area contributed by atoms with E-state index in [9.17, 15) is 10.1 Å². The number of nitro groups is 1. The molecule has 0 atom stereocenters. The molecule has 1 aromatic rings. The zero-order chi connectivity index (χ0) is 16.3. The van der Waals surface area contributed by atoms with Gasteiger partial charge in [0, 0.05) is 35.8 Å². The van der Waals surface area contributed by atoms with E-state index in [-0.39, 0.29) is 22.2 Å². The fraction of sp³-hybridized carbons (Fsp3) is 0.250. The fourth-order valence-electron chi connectivity index (χ4n) is 1.20. The van der Waals surface area contributed by atoms with Crippen LogP contribution in [0, 0.1) is 46.0 Å². The van der Waals surface area contributed by atoms with E-state index < -0.39 is 0 Å². The minimum absolute atomic E-state index is 0. The van der Waals surface area contributed by atoms with Crippen molar-refractivity contribution in [3.05, 3.63) is 39.9 Å². The summed E-state index contributed by atoms with van der Waals surface area (Å²) in [4.78, 5) is 10.1. The van der Waals surface area contributed by atoms with E-state index >= 15 is 0 Å². The normalized spacial score (nSPS) is 7.95. The van der Waals surface area contributed by atoms with Crippen molar-refractivity contribution in [1.29, 1.82) is 0 Å². The molecule has 0 heterocycles. The van der Waals surface area contributed by atoms with E-state index in [2.05, 4.69) is 11.8 Å². The van der Waals surface area contributed by atoms with Crippen molar-refractivity contribution in [2.75, 3.05) is 0 Å². The number of nitrogens with zero attached hydrogens (tertiary/aromatic N) is 1. The summed E-state index contributed by atoms with van der Waals surface area (Å²) in [5.41, 5.74) is 1.11. The lowest BCUT2D eigenvalue weighted by molar-refractivity contribution is -0.385. The first-order chi connectivity index (χ1) is 9.82. The summed E-state index contributed by atoms with van der Waals surface area (Å²) >= 11 is 0. The largest absolute Gasteiger partial charge is 0.461 e. The van der Waals surface area contributed by atoms with E-state index in [1.165, 1.54) is 6.07 Å². The highest BCUT2D eigenvalue weighted by molar-refractivity contribution is 5.37. The average molecular weight is 302 g/mol. The van der Waals surface area contributed by atoms with Crippen molar-refractivity contribution >= 4 is 5.69 Å². The van der Waals surface area contributed by atoms with Crippen LogP contribution in [-0.4, -0.2) is 15.1 Å². The van der Waals surface area contributed by atoms with Gasteiger partial charge in [-0.25, -0.2) is 0 Å². The van der Waals surface area contributed by atoms with Crippen LogP contribution in [0.4, 0.5) is 5.69 Å². The maximum atomic E-state index is 10.5. The number of hydrogen-bond acceptors (Lipinski definition) is 5. The number of non-ortho nitro benzene ring substituents is 1. The molecular weight excluding hydrogens is 284 g/mol. The van der Waals surface area contributed by atoms with Gasteiger partial charge >= 0.3 is 0 Å². The topological polar surface area (TPSA) is 119 Å². The quantitative estimate of drug-likeness (QED) is 0.418. The second kappa shape index (κ2) is 10.6. The van der Waals surface area contributed by atoms with Crippen molar-refractivity contribution in [3.63, 3.8) is 0 Å². The maximum Gasteiger partial charge on any atom is 0.269 e. The number of benzene rings is 1. The zero-order valence-electron chi connectivity index (χ0n) is 12.7. The second-order valence-corrected chi connectivity index (χ2v) is 4.78. The van der Waals surface area contributed by atoms with Crippen LogP contribution in [0.3, 0.4) is 0 Å². The standard InChI is InChI=1S/C10H13NO2.C6H2O2.H3N/c1-10(2,3)8-5-4-6-9(7-8)11(12)13;7-5-3-1-2-4-6-8;/h4-7H,1-3H3;7-8H;1H3. The molecule has 0 radical (unpaired) electrons. The molecule has 0 aliphatic rings. The van der Waals surface area contributed by atoms with Gasteiger partial charge in [0.1, 0.15) is 12.2 Å². The Labute approximate surface area is 129 Å². The number of aliphatic hydroxyl groups is 2. The Morgan fingerprint density at radius 2 is 1.55 bits per heavy atom. The molecule has 5 N–H and O–H groups in total. The molecule has 0 saturated heterocycles. The Kier molecular flexibility index (Phi) is 10.2. The van der Waals surface area contributed by atoms with E-state index in [1.807, 2.05) is 38.7 Å². The molecule has 0 bridgehead atoms. The molecule has 0 spiro atoms. The Bertz CT molecular complexity index is 648. The predicted octanol–water partition coefficient (Wildman–Crippen LogP) is 2.71. The lowest BCUT2D eigenvalue weighted by atomic mass is 9.87. The van der Waals surface area contributed by atoms with Crippen molar-refractivity contribution in [1.82, 2.24) is 6.15 Å². The zero-order valence-corrected chi connectivity index (χ0v) is 12.7. The molecule has 0 amide bonds. The third-order valence-electron chi connectivity index (χ3n) is 2.22. The van der Waals surface area contributed by atoms with Gasteiger partial charge < -0.3 is 16.4 Å². The van der Waals surface area contributed by atoms with E-state index in [0.29, 0.717) is 0 Å². The summed E-state index contributed by atoms with van der Waals surface area (Å²) in [5.74, 6) is 8.31.